The lowest BCUT2D eigenvalue weighted by molar-refractivity contribution is -0.0410. The van der Waals surface area contributed by atoms with Gasteiger partial charge >= 0.3 is 5.69 Å². The predicted octanol–water partition coefficient (Wildman–Crippen LogP) is 0.845. The van der Waals surface area contributed by atoms with Gasteiger partial charge in [0.05, 0.1) is 12.7 Å². The summed E-state index contributed by atoms with van der Waals surface area (Å²) in [5, 5.41) is 9.26. The summed E-state index contributed by atoms with van der Waals surface area (Å²) in [5.41, 5.74) is 1.10. The molecule has 20 heavy (non-hydrogen) atoms. The topological polar surface area (TPSA) is 90.6 Å². The van der Waals surface area contributed by atoms with E-state index >= 15 is 0 Å². The first-order valence-corrected chi connectivity index (χ1v) is 8.75. The number of aliphatic hydroxyl groups is 1. The van der Waals surface area contributed by atoms with E-state index in [0.717, 1.165) is 5.56 Å². The third-order valence-electron chi connectivity index (χ3n) is 3.31. The molecule has 0 aromatic carbocycles. The number of rotatable bonds is 4. The van der Waals surface area contributed by atoms with Crippen LogP contribution in [0.1, 0.15) is 23.9 Å². The monoisotopic (exact) mass is 320 g/mol. The Morgan fingerprint density at radius 3 is 2.95 bits per heavy atom. The molecule has 1 unspecified atom stereocenters. The van der Waals surface area contributed by atoms with Crippen LogP contribution >= 0.6 is 19.5 Å². The van der Waals surface area contributed by atoms with Crippen LogP contribution in [-0.2, 0) is 13.8 Å². The molecule has 7 nitrogen and oxygen atoms in total. The quantitative estimate of drug-likeness (QED) is 0.631. The molecule has 2 heterocycles. The second-order valence-corrected chi connectivity index (χ2v) is 6.53. The Labute approximate surface area is 122 Å². The molecule has 9 heteroatoms. The van der Waals surface area contributed by atoms with E-state index in [0.29, 0.717) is 12.1 Å². The first-order chi connectivity index (χ1) is 9.42. The van der Waals surface area contributed by atoms with Gasteiger partial charge in [0.25, 0.3) is 0 Å². The highest BCUT2D eigenvalue weighted by atomic mass is 32.7. The van der Waals surface area contributed by atoms with Crippen molar-refractivity contribution in [2.75, 3.05) is 6.61 Å². The predicted molar refractivity (Wildman–Crippen MR) is 76.4 cm³/mol. The summed E-state index contributed by atoms with van der Waals surface area (Å²) < 4.78 is 23.2. The Morgan fingerprint density at radius 2 is 2.35 bits per heavy atom. The maximum atomic E-state index is 11.9. The van der Waals surface area contributed by atoms with Crippen molar-refractivity contribution in [1.29, 1.82) is 0 Å². The normalized spacial score (nSPS) is 27.7. The summed E-state index contributed by atoms with van der Waals surface area (Å²) in [6, 6.07) is 0. The number of hydrogen-bond donors (Lipinski definition) is 2. The van der Waals surface area contributed by atoms with Gasteiger partial charge in [-0.25, -0.2) is 4.79 Å². The zero-order chi connectivity index (χ0) is 14.9. The van der Waals surface area contributed by atoms with Gasteiger partial charge in [-0.15, -0.1) is 0 Å². The van der Waals surface area contributed by atoms with Crippen molar-refractivity contribution >= 4 is 19.5 Å². The Morgan fingerprint density at radius 1 is 1.65 bits per heavy atom. The first kappa shape index (κ1) is 15.7. The first-order valence-electron chi connectivity index (χ1n) is 6.14. The lowest BCUT2D eigenvalue weighted by Gasteiger charge is -2.15. The molecule has 112 valence electrons. The van der Waals surface area contributed by atoms with Gasteiger partial charge in [-0.1, -0.05) is 12.2 Å². The van der Waals surface area contributed by atoms with Crippen molar-refractivity contribution in [3.05, 3.63) is 27.9 Å². The van der Waals surface area contributed by atoms with Crippen molar-refractivity contribution in [3.8, 4) is 0 Å². The van der Waals surface area contributed by atoms with Crippen molar-refractivity contribution < 1.29 is 18.9 Å². The molecule has 0 spiro atoms. The van der Waals surface area contributed by atoms with Crippen LogP contribution in [0.25, 0.3) is 0 Å². The van der Waals surface area contributed by atoms with Crippen LogP contribution in [0.5, 0.6) is 0 Å². The van der Waals surface area contributed by atoms with Gasteiger partial charge in [-0.2, -0.15) is 4.98 Å². The lowest BCUT2D eigenvalue weighted by Crippen LogP contribution is -2.28. The fourth-order valence-corrected chi connectivity index (χ4v) is 3.05. The molecular weight excluding hydrogens is 303 g/mol. The van der Waals surface area contributed by atoms with Crippen LogP contribution in [0.4, 0.5) is 0 Å². The van der Waals surface area contributed by atoms with Crippen LogP contribution < -0.4 is 5.69 Å². The lowest BCUT2D eigenvalue weighted by atomic mass is 10.2. The van der Waals surface area contributed by atoms with E-state index in [4.69, 9.17) is 9.26 Å². The van der Waals surface area contributed by atoms with E-state index in [1.54, 1.807) is 13.1 Å². The average Bonchev–Trinajstić information content (AvgIpc) is 2.75. The number of aryl methyl sites for hydroxylation is 2. The summed E-state index contributed by atoms with van der Waals surface area (Å²) in [4.78, 5) is 15.8. The molecule has 1 aromatic rings. The van der Waals surface area contributed by atoms with Gasteiger partial charge in [0.2, 0.25) is 7.23 Å². The fourth-order valence-electron chi connectivity index (χ4n) is 2.14. The average molecular weight is 320 g/mol. The van der Waals surface area contributed by atoms with E-state index < -0.39 is 31.4 Å². The number of ether oxygens (including phenoxy) is 1. The van der Waals surface area contributed by atoms with Crippen molar-refractivity contribution in [2.45, 2.75) is 38.7 Å². The van der Waals surface area contributed by atoms with Gasteiger partial charge < -0.3 is 14.4 Å². The minimum absolute atomic E-state index is 0.281. The van der Waals surface area contributed by atoms with Crippen LogP contribution in [0, 0.1) is 13.8 Å². The number of nitrogens with zero attached hydrogens (tertiary/aromatic N) is 2. The molecular formula is C11H17N2O5PS. The van der Waals surface area contributed by atoms with E-state index in [9.17, 15) is 14.5 Å². The molecule has 1 aromatic heterocycles. The van der Waals surface area contributed by atoms with Gasteiger partial charge in [0.15, 0.2) is 0 Å². The van der Waals surface area contributed by atoms with Gasteiger partial charge in [-0.05, 0) is 19.4 Å². The van der Waals surface area contributed by atoms with Crippen molar-refractivity contribution in [2.24, 2.45) is 0 Å². The molecule has 0 aliphatic carbocycles. The number of hydrogen-bond acceptors (Lipinski definition) is 6. The van der Waals surface area contributed by atoms with E-state index in [-0.39, 0.29) is 6.61 Å². The summed E-state index contributed by atoms with van der Waals surface area (Å²) in [6.07, 6.45) is 0.200. The minimum Gasteiger partial charge on any atom is -0.394 e. The summed E-state index contributed by atoms with van der Waals surface area (Å²) in [5.74, 6) is 0. The summed E-state index contributed by atoms with van der Waals surface area (Å²) >= 11 is 3.73. The maximum absolute atomic E-state index is 11.9. The molecule has 0 radical (unpaired) electrons. The SMILES string of the molecule is Cc1cn([C@H]2C[C@H](O[PH](=O)S)[C@@H](CO)O2)c(=O)nc1C. The van der Waals surface area contributed by atoms with Gasteiger partial charge in [0, 0.05) is 18.3 Å². The van der Waals surface area contributed by atoms with Crippen molar-refractivity contribution in [1.82, 2.24) is 9.55 Å². The zero-order valence-electron chi connectivity index (χ0n) is 11.1. The third-order valence-corrected chi connectivity index (χ3v) is 4.13. The fraction of sp³-hybridized carbons (Fsp3) is 0.636. The highest BCUT2D eigenvalue weighted by Gasteiger charge is 2.37. The second-order valence-electron chi connectivity index (χ2n) is 4.67. The van der Waals surface area contributed by atoms with E-state index in [1.807, 2.05) is 6.92 Å². The smallest absolute Gasteiger partial charge is 0.349 e. The molecule has 1 aliphatic rings. The molecule has 0 amide bonds. The number of aliphatic hydroxyl groups excluding tert-OH is 1. The number of aromatic nitrogens is 2. The van der Waals surface area contributed by atoms with Crippen LogP contribution in [-0.4, -0.2) is 33.5 Å². The standard InChI is InChI=1S/C11H17N2O5PS/c1-6-4-13(11(15)12-7(6)2)10-3-8(18-19(16)20)9(5-14)17-10/h4,8-10,14,19H,3,5H2,1-2H3,(H,16,20)/t8-,9+,10+/m0/s1. The molecule has 1 saturated heterocycles. The second kappa shape index (κ2) is 6.41. The molecule has 0 bridgehead atoms. The number of thiol groups is 1. The van der Waals surface area contributed by atoms with Crippen LogP contribution in [0.2, 0.25) is 0 Å². The van der Waals surface area contributed by atoms with Gasteiger partial charge in [-0.3, -0.25) is 9.13 Å². The zero-order valence-corrected chi connectivity index (χ0v) is 13.0. The Balaban J connectivity index is 2.25. The highest BCUT2D eigenvalue weighted by molar-refractivity contribution is 8.39. The molecule has 4 atom stereocenters. The van der Waals surface area contributed by atoms with Gasteiger partial charge in [0.1, 0.15) is 12.3 Å². The molecule has 0 saturated carbocycles. The Bertz CT molecular complexity index is 578. The molecule has 1 N–H and O–H groups in total. The van der Waals surface area contributed by atoms with Crippen molar-refractivity contribution in [3.63, 3.8) is 0 Å². The highest BCUT2D eigenvalue weighted by Crippen LogP contribution is 2.38. The largest absolute Gasteiger partial charge is 0.394 e. The van der Waals surface area contributed by atoms with E-state index in [2.05, 4.69) is 17.2 Å². The third kappa shape index (κ3) is 3.32. The van der Waals surface area contributed by atoms with Crippen LogP contribution in [0.3, 0.4) is 0 Å². The summed E-state index contributed by atoms with van der Waals surface area (Å²) in [6.45, 7) is 3.32. The van der Waals surface area contributed by atoms with E-state index in [1.165, 1.54) is 4.57 Å². The Kier molecular flexibility index (Phi) is 5.04. The molecule has 1 fully saturated rings. The minimum atomic E-state index is -2.44. The Hall–Kier alpha value is -0.660. The molecule has 1 aliphatic heterocycles. The molecule has 2 rings (SSSR count). The summed E-state index contributed by atoms with van der Waals surface area (Å²) in [7, 11) is -2.44. The van der Waals surface area contributed by atoms with Crippen LogP contribution in [0.15, 0.2) is 11.0 Å². The maximum Gasteiger partial charge on any atom is 0.349 e.